The Bertz CT molecular complexity index is 386. The van der Waals surface area contributed by atoms with E-state index < -0.39 is 0 Å². The Labute approximate surface area is 120 Å². The maximum absolute atomic E-state index is 11.9. The van der Waals surface area contributed by atoms with E-state index in [2.05, 4.69) is 0 Å². The van der Waals surface area contributed by atoms with Gasteiger partial charge in [-0.1, -0.05) is 18.2 Å². The number of rotatable bonds is 4. The maximum atomic E-state index is 11.9. The third kappa shape index (κ3) is 5.09. The van der Waals surface area contributed by atoms with Gasteiger partial charge in [0.1, 0.15) is 5.75 Å². The van der Waals surface area contributed by atoms with Crippen LogP contribution in [0, 0.1) is 0 Å². The Kier molecular flexibility index (Phi) is 6.67. The number of nitrogens with two attached hydrogens (primary N) is 1. The van der Waals surface area contributed by atoms with Crippen LogP contribution < -0.4 is 10.5 Å². The van der Waals surface area contributed by atoms with E-state index in [-0.39, 0.29) is 24.4 Å². The van der Waals surface area contributed by atoms with Gasteiger partial charge in [0.2, 0.25) is 5.91 Å². The Balaban J connectivity index is 0.00000180. The normalized spacial score (nSPS) is 18.6. The minimum atomic E-state index is 0. The molecule has 4 nitrogen and oxygen atoms in total. The average Bonchev–Trinajstić information content (AvgIpc) is 2.40. The molecule has 1 fully saturated rings. The van der Waals surface area contributed by atoms with E-state index in [9.17, 15) is 4.79 Å². The van der Waals surface area contributed by atoms with E-state index in [4.69, 9.17) is 10.5 Å². The highest BCUT2D eigenvalue weighted by atomic mass is 35.5. The van der Waals surface area contributed by atoms with Gasteiger partial charge < -0.3 is 15.4 Å². The van der Waals surface area contributed by atoms with Crippen LogP contribution in [0.4, 0.5) is 0 Å². The maximum Gasteiger partial charge on any atom is 0.226 e. The van der Waals surface area contributed by atoms with Crippen LogP contribution in [0.3, 0.4) is 0 Å². The van der Waals surface area contributed by atoms with Crippen molar-refractivity contribution in [2.75, 3.05) is 19.7 Å². The Morgan fingerprint density at radius 3 is 2.79 bits per heavy atom. The number of ether oxygens (including phenoxy) is 1. The molecule has 1 saturated heterocycles. The summed E-state index contributed by atoms with van der Waals surface area (Å²) in [7, 11) is 0. The largest absolute Gasteiger partial charge is 0.493 e. The van der Waals surface area contributed by atoms with Gasteiger partial charge in [-0.15, -0.1) is 12.4 Å². The minimum absolute atomic E-state index is 0. The number of carbonyl (C=O) groups is 1. The lowest BCUT2D eigenvalue weighted by Crippen LogP contribution is -2.46. The van der Waals surface area contributed by atoms with Gasteiger partial charge in [0.05, 0.1) is 13.0 Å². The number of amides is 1. The van der Waals surface area contributed by atoms with Gasteiger partial charge in [-0.05, 0) is 25.0 Å². The second kappa shape index (κ2) is 8.02. The molecule has 19 heavy (non-hydrogen) atoms. The minimum Gasteiger partial charge on any atom is -0.493 e. The molecule has 1 atom stereocenters. The number of piperidine rings is 1. The SMILES string of the molecule is Cl.NC1CCCN(C(=O)CCOc2ccccc2)C1. The molecule has 2 rings (SSSR count). The third-order valence-corrected chi connectivity index (χ3v) is 3.14. The molecule has 0 spiro atoms. The Morgan fingerprint density at radius 1 is 1.37 bits per heavy atom. The zero-order valence-electron chi connectivity index (χ0n) is 11.0. The number of carbonyl (C=O) groups excluding carboxylic acids is 1. The van der Waals surface area contributed by atoms with Crippen molar-refractivity contribution in [2.24, 2.45) is 5.73 Å². The number of halogens is 1. The molecule has 5 heteroatoms. The molecule has 1 amide bonds. The van der Waals surface area contributed by atoms with Gasteiger partial charge in [0.25, 0.3) is 0 Å². The van der Waals surface area contributed by atoms with E-state index in [1.165, 1.54) is 0 Å². The molecule has 0 aromatic heterocycles. The van der Waals surface area contributed by atoms with Crippen molar-refractivity contribution in [3.05, 3.63) is 30.3 Å². The Hall–Kier alpha value is -1.26. The monoisotopic (exact) mass is 284 g/mol. The van der Waals surface area contributed by atoms with E-state index >= 15 is 0 Å². The van der Waals surface area contributed by atoms with Crippen LogP contribution in [0.25, 0.3) is 0 Å². The van der Waals surface area contributed by atoms with Crippen molar-refractivity contribution in [3.8, 4) is 5.75 Å². The van der Waals surface area contributed by atoms with Crippen molar-refractivity contribution >= 4 is 18.3 Å². The molecular formula is C14H21ClN2O2. The van der Waals surface area contributed by atoms with E-state index in [1.54, 1.807) is 0 Å². The standard InChI is InChI=1S/C14H20N2O2.ClH/c15-12-5-4-9-16(11-12)14(17)8-10-18-13-6-2-1-3-7-13;/h1-3,6-7,12H,4-5,8-11,15H2;1H. The number of hydrogen-bond acceptors (Lipinski definition) is 3. The highest BCUT2D eigenvalue weighted by molar-refractivity contribution is 5.85. The molecule has 2 N–H and O–H groups in total. The van der Waals surface area contributed by atoms with Crippen LogP contribution in [0.1, 0.15) is 19.3 Å². The van der Waals surface area contributed by atoms with Crippen molar-refractivity contribution in [1.29, 1.82) is 0 Å². The second-order valence-corrected chi connectivity index (χ2v) is 4.65. The molecule has 1 unspecified atom stereocenters. The van der Waals surface area contributed by atoms with Gasteiger partial charge >= 0.3 is 0 Å². The molecular weight excluding hydrogens is 264 g/mol. The van der Waals surface area contributed by atoms with Crippen LogP contribution >= 0.6 is 12.4 Å². The fourth-order valence-electron chi connectivity index (χ4n) is 2.17. The average molecular weight is 285 g/mol. The summed E-state index contributed by atoms with van der Waals surface area (Å²) in [6, 6.07) is 9.69. The Morgan fingerprint density at radius 2 is 2.11 bits per heavy atom. The predicted molar refractivity (Wildman–Crippen MR) is 77.6 cm³/mol. The number of hydrogen-bond donors (Lipinski definition) is 1. The molecule has 1 heterocycles. The van der Waals surface area contributed by atoms with Gasteiger partial charge in [-0.25, -0.2) is 0 Å². The van der Waals surface area contributed by atoms with E-state index in [1.807, 2.05) is 35.2 Å². The van der Waals surface area contributed by atoms with Crippen LogP contribution in [-0.4, -0.2) is 36.5 Å². The molecule has 106 valence electrons. The fourth-order valence-corrected chi connectivity index (χ4v) is 2.17. The topological polar surface area (TPSA) is 55.6 Å². The summed E-state index contributed by atoms with van der Waals surface area (Å²) in [5.74, 6) is 0.946. The zero-order valence-corrected chi connectivity index (χ0v) is 11.8. The molecule has 0 aliphatic carbocycles. The molecule has 1 aliphatic heterocycles. The zero-order chi connectivity index (χ0) is 12.8. The van der Waals surface area contributed by atoms with Gasteiger partial charge in [0.15, 0.2) is 0 Å². The number of para-hydroxylation sites is 1. The van der Waals surface area contributed by atoms with Crippen LogP contribution in [0.2, 0.25) is 0 Å². The number of benzene rings is 1. The summed E-state index contributed by atoms with van der Waals surface area (Å²) in [6.45, 7) is 1.94. The van der Waals surface area contributed by atoms with Crippen molar-refractivity contribution < 1.29 is 9.53 Å². The number of nitrogens with zero attached hydrogens (tertiary/aromatic N) is 1. The highest BCUT2D eigenvalue weighted by Gasteiger charge is 2.20. The number of likely N-dealkylation sites (tertiary alicyclic amines) is 1. The highest BCUT2D eigenvalue weighted by Crippen LogP contribution is 2.11. The molecule has 0 radical (unpaired) electrons. The first-order chi connectivity index (χ1) is 8.75. The molecule has 0 saturated carbocycles. The van der Waals surface area contributed by atoms with Crippen LogP contribution in [0.5, 0.6) is 5.75 Å². The van der Waals surface area contributed by atoms with E-state index in [0.717, 1.165) is 25.1 Å². The summed E-state index contributed by atoms with van der Waals surface area (Å²) < 4.78 is 5.52. The summed E-state index contributed by atoms with van der Waals surface area (Å²) in [5.41, 5.74) is 5.86. The first-order valence-corrected chi connectivity index (χ1v) is 6.47. The van der Waals surface area contributed by atoms with Gasteiger partial charge in [-0.3, -0.25) is 4.79 Å². The smallest absolute Gasteiger partial charge is 0.226 e. The first kappa shape index (κ1) is 15.8. The molecule has 1 aromatic rings. The van der Waals surface area contributed by atoms with E-state index in [0.29, 0.717) is 19.6 Å². The van der Waals surface area contributed by atoms with Gasteiger partial charge in [0, 0.05) is 19.1 Å². The van der Waals surface area contributed by atoms with Crippen molar-refractivity contribution in [3.63, 3.8) is 0 Å². The van der Waals surface area contributed by atoms with Crippen molar-refractivity contribution in [1.82, 2.24) is 4.90 Å². The summed E-state index contributed by atoms with van der Waals surface area (Å²) in [4.78, 5) is 13.8. The third-order valence-electron chi connectivity index (χ3n) is 3.14. The first-order valence-electron chi connectivity index (χ1n) is 6.47. The summed E-state index contributed by atoms with van der Waals surface area (Å²) in [6.07, 6.45) is 2.44. The van der Waals surface area contributed by atoms with Crippen molar-refractivity contribution in [2.45, 2.75) is 25.3 Å². The second-order valence-electron chi connectivity index (χ2n) is 4.65. The molecule has 1 aliphatic rings. The summed E-state index contributed by atoms with van der Waals surface area (Å²) >= 11 is 0. The lowest BCUT2D eigenvalue weighted by atomic mass is 10.1. The lowest BCUT2D eigenvalue weighted by molar-refractivity contribution is -0.132. The van der Waals surface area contributed by atoms with Crippen LogP contribution in [0.15, 0.2) is 30.3 Å². The summed E-state index contributed by atoms with van der Waals surface area (Å²) in [5, 5.41) is 0. The van der Waals surface area contributed by atoms with Crippen LogP contribution in [-0.2, 0) is 4.79 Å². The lowest BCUT2D eigenvalue weighted by Gasteiger charge is -2.30. The van der Waals surface area contributed by atoms with Gasteiger partial charge in [-0.2, -0.15) is 0 Å². The predicted octanol–water partition coefficient (Wildman–Crippen LogP) is 1.83. The molecule has 1 aromatic carbocycles. The molecule has 0 bridgehead atoms. The quantitative estimate of drug-likeness (QED) is 0.918. The fraction of sp³-hybridized carbons (Fsp3) is 0.500.